The van der Waals surface area contributed by atoms with E-state index in [9.17, 15) is 68.3 Å². The Morgan fingerprint density at radius 2 is 0.438 bits per heavy atom. The predicted molar refractivity (Wildman–Crippen MR) is 148 cm³/mol. The lowest BCUT2D eigenvalue weighted by Gasteiger charge is -2.03. The molecule has 0 aliphatic rings. The Labute approximate surface area is 253 Å². The van der Waals surface area contributed by atoms with E-state index in [1.54, 1.807) is 0 Å². The fourth-order valence-electron chi connectivity index (χ4n) is 5.69. The molecule has 0 spiro atoms. The van der Waals surface area contributed by atoms with Gasteiger partial charge in [0, 0.05) is 36.4 Å². The SMILES string of the molecule is O=c1c2c3c(=O)n(-c4cc(F)c(F)cc4F)c(=O)c3c3c(=O)n(-c4cc(F)c(F)cc4F)c(=O)c3c2c(=O)n1-c1cc(F)c(F)cc1F. The van der Waals surface area contributed by atoms with Crippen LogP contribution in [0.4, 0.5) is 39.5 Å². The van der Waals surface area contributed by atoms with Crippen LogP contribution in [0.5, 0.6) is 0 Å². The van der Waals surface area contributed by atoms with Crippen LogP contribution in [0.15, 0.2) is 65.2 Å². The van der Waals surface area contributed by atoms with Crippen molar-refractivity contribution in [1.29, 1.82) is 0 Å². The molecular formula is C30H6F9N3O6. The second-order valence-corrected chi connectivity index (χ2v) is 10.2. The van der Waals surface area contributed by atoms with E-state index < -0.39 is 135 Å². The van der Waals surface area contributed by atoms with Crippen molar-refractivity contribution in [3.05, 3.63) is 151 Å². The van der Waals surface area contributed by atoms with E-state index in [4.69, 9.17) is 0 Å². The number of nitrogens with zero attached hydrogens (tertiary/aromatic N) is 3. The maximum absolute atomic E-state index is 14.8. The summed E-state index contributed by atoms with van der Waals surface area (Å²) in [5.41, 5.74) is -14.5. The zero-order chi connectivity index (χ0) is 34.8. The van der Waals surface area contributed by atoms with Gasteiger partial charge in [-0.2, -0.15) is 0 Å². The molecule has 0 saturated heterocycles. The van der Waals surface area contributed by atoms with Gasteiger partial charge in [0.25, 0.3) is 33.4 Å². The van der Waals surface area contributed by atoms with Gasteiger partial charge >= 0.3 is 0 Å². The molecule has 0 aliphatic heterocycles. The van der Waals surface area contributed by atoms with Crippen LogP contribution in [-0.2, 0) is 0 Å². The highest BCUT2D eigenvalue weighted by Crippen LogP contribution is 2.29. The summed E-state index contributed by atoms with van der Waals surface area (Å²) >= 11 is 0. The van der Waals surface area contributed by atoms with Crippen LogP contribution in [0, 0.1) is 52.4 Å². The second kappa shape index (κ2) is 9.84. The molecule has 3 aromatic heterocycles. The molecule has 18 heteroatoms. The number of fused-ring (bicyclic) bond motifs is 6. The minimum Gasteiger partial charge on any atom is -0.268 e. The lowest BCUT2D eigenvalue weighted by molar-refractivity contribution is 0.492. The Morgan fingerprint density at radius 1 is 0.271 bits per heavy atom. The first-order valence-corrected chi connectivity index (χ1v) is 12.9. The number of hydrogen-bond acceptors (Lipinski definition) is 6. The zero-order valence-electron chi connectivity index (χ0n) is 22.7. The van der Waals surface area contributed by atoms with E-state index in [-0.39, 0.29) is 50.1 Å². The van der Waals surface area contributed by atoms with Crippen LogP contribution in [-0.4, -0.2) is 13.7 Å². The van der Waals surface area contributed by atoms with Crippen molar-refractivity contribution in [2.45, 2.75) is 0 Å². The molecule has 9 nitrogen and oxygen atoms in total. The predicted octanol–water partition coefficient (Wildman–Crippen LogP) is 3.24. The van der Waals surface area contributed by atoms with Crippen LogP contribution in [0.1, 0.15) is 0 Å². The molecule has 0 bridgehead atoms. The molecule has 240 valence electrons. The first-order chi connectivity index (χ1) is 22.6. The minimum atomic E-state index is -1.80. The molecule has 0 radical (unpaired) electrons. The van der Waals surface area contributed by atoms with Gasteiger partial charge < -0.3 is 0 Å². The van der Waals surface area contributed by atoms with Crippen molar-refractivity contribution >= 4 is 32.3 Å². The minimum absolute atomic E-state index is 0.0404. The molecule has 0 unspecified atom stereocenters. The largest absolute Gasteiger partial charge is 0.268 e. The van der Waals surface area contributed by atoms with Crippen LogP contribution >= 0.6 is 0 Å². The highest BCUT2D eigenvalue weighted by molar-refractivity contribution is 6.25. The number of rotatable bonds is 3. The normalized spacial score (nSPS) is 11.9. The van der Waals surface area contributed by atoms with Gasteiger partial charge in [-0.25, -0.2) is 53.2 Å². The van der Waals surface area contributed by atoms with Crippen molar-refractivity contribution in [3.63, 3.8) is 0 Å². The zero-order valence-corrected chi connectivity index (χ0v) is 22.7. The summed E-state index contributed by atoms with van der Waals surface area (Å²) in [4.78, 5) is 82.5. The molecule has 0 aliphatic carbocycles. The standard InChI is InChI=1S/C30H6F9N3O6/c31-7-1-13(37)16(4-10(7)34)40-25(43)19-20(26(40)44)22-24(30(48)42(28(22)46)18-6-12(36)9(33)3-15(18)39)23-21(19)27(45)41(29(23)47)17-5-11(35)8(32)2-14(17)38/h1-6H. The first kappa shape index (κ1) is 30.3. The number of hydrogen-bond donors (Lipinski definition) is 0. The molecule has 0 fully saturated rings. The Kier molecular flexibility index (Phi) is 6.21. The monoisotopic (exact) mass is 675 g/mol. The molecule has 0 atom stereocenters. The Bertz CT molecular complexity index is 2520. The summed E-state index contributed by atoms with van der Waals surface area (Å²) in [6, 6.07) is -0.106. The van der Waals surface area contributed by atoms with Gasteiger partial charge in [-0.05, 0) is 0 Å². The smallest absolute Gasteiger partial charge is 0.267 e. The summed E-state index contributed by atoms with van der Waals surface area (Å²) in [6.07, 6.45) is 0. The van der Waals surface area contributed by atoms with Crippen LogP contribution in [0.2, 0.25) is 0 Å². The molecule has 7 rings (SSSR count). The summed E-state index contributed by atoms with van der Waals surface area (Å²) < 4.78 is 127. The third-order valence-electron chi connectivity index (χ3n) is 7.69. The van der Waals surface area contributed by atoms with E-state index >= 15 is 0 Å². The fourth-order valence-corrected chi connectivity index (χ4v) is 5.69. The van der Waals surface area contributed by atoms with Crippen LogP contribution < -0.4 is 33.4 Å². The molecule has 0 N–H and O–H groups in total. The van der Waals surface area contributed by atoms with Gasteiger partial charge in [-0.1, -0.05) is 0 Å². The number of benzene rings is 4. The van der Waals surface area contributed by atoms with Gasteiger partial charge in [0.05, 0.1) is 49.4 Å². The summed E-state index contributed by atoms with van der Waals surface area (Å²) in [6.45, 7) is 0. The number of halogens is 9. The van der Waals surface area contributed by atoms with Gasteiger partial charge in [0.2, 0.25) is 0 Å². The molecule has 4 aromatic carbocycles. The topological polar surface area (TPSA) is 117 Å². The molecule has 0 saturated carbocycles. The average molecular weight is 675 g/mol. The Balaban J connectivity index is 1.80. The Morgan fingerprint density at radius 3 is 0.625 bits per heavy atom. The fraction of sp³-hybridized carbons (Fsp3) is 0. The van der Waals surface area contributed by atoms with E-state index in [1.807, 2.05) is 0 Å². The quantitative estimate of drug-likeness (QED) is 0.210. The van der Waals surface area contributed by atoms with Gasteiger partial charge in [-0.15, -0.1) is 0 Å². The van der Waals surface area contributed by atoms with E-state index in [0.29, 0.717) is 0 Å². The third-order valence-corrected chi connectivity index (χ3v) is 7.69. The Hall–Kier alpha value is -6.33. The van der Waals surface area contributed by atoms with Gasteiger partial charge in [0.15, 0.2) is 52.4 Å². The van der Waals surface area contributed by atoms with Gasteiger partial charge in [0.1, 0.15) is 0 Å². The summed E-state index contributed by atoms with van der Waals surface area (Å²) in [5, 5.41) is -7.44. The third kappa shape index (κ3) is 3.76. The van der Waals surface area contributed by atoms with Crippen molar-refractivity contribution in [3.8, 4) is 17.1 Å². The van der Waals surface area contributed by atoms with Crippen molar-refractivity contribution < 1.29 is 39.5 Å². The van der Waals surface area contributed by atoms with Crippen molar-refractivity contribution in [2.24, 2.45) is 0 Å². The van der Waals surface area contributed by atoms with E-state index in [0.717, 1.165) is 0 Å². The summed E-state index contributed by atoms with van der Waals surface area (Å²) in [7, 11) is 0. The first-order valence-electron chi connectivity index (χ1n) is 12.9. The lowest BCUT2D eigenvalue weighted by Crippen LogP contribution is -2.26. The summed E-state index contributed by atoms with van der Waals surface area (Å²) in [5.74, 6) is -15.9. The van der Waals surface area contributed by atoms with Crippen molar-refractivity contribution in [2.75, 3.05) is 0 Å². The maximum Gasteiger partial charge on any atom is 0.267 e. The van der Waals surface area contributed by atoms with Crippen molar-refractivity contribution in [1.82, 2.24) is 13.7 Å². The van der Waals surface area contributed by atoms with E-state index in [2.05, 4.69) is 0 Å². The molecule has 3 heterocycles. The highest BCUT2D eigenvalue weighted by Gasteiger charge is 2.34. The van der Waals surface area contributed by atoms with E-state index in [1.165, 1.54) is 0 Å². The van der Waals surface area contributed by atoms with Crippen LogP contribution in [0.25, 0.3) is 49.4 Å². The molecule has 7 aromatic rings. The highest BCUT2D eigenvalue weighted by atomic mass is 19.2. The maximum atomic E-state index is 14.8. The second-order valence-electron chi connectivity index (χ2n) is 10.2. The molecular weight excluding hydrogens is 669 g/mol. The molecule has 0 amide bonds. The number of aromatic nitrogens is 3. The lowest BCUT2D eigenvalue weighted by atomic mass is 10.0. The average Bonchev–Trinajstić information content (AvgIpc) is 3.53. The molecule has 48 heavy (non-hydrogen) atoms. The van der Waals surface area contributed by atoms with Crippen LogP contribution in [0.3, 0.4) is 0 Å². The van der Waals surface area contributed by atoms with Gasteiger partial charge in [-0.3, -0.25) is 28.8 Å².